The number of anilines is 4. The normalized spacial score (nSPS) is 24.1. The predicted molar refractivity (Wildman–Crippen MR) is 510 cm³/mol. The van der Waals surface area contributed by atoms with Crippen LogP contribution in [0.4, 0.5) is 22.7 Å². The molecular weight excluding hydrogens is 1740 g/mol. The molecule has 4 aliphatic carbocycles. The van der Waals surface area contributed by atoms with Crippen LogP contribution in [0.25, 0.3) is 0 Å². The quantitative estimate of drug-likeness (QED) is 0.112. The van der Waals surface area contributed by atoms with E-state index >= 15 is 0 Å². The fraction of sp³-hybridized carbons (Fsp3) is 0.439. The minimum absolute atomic E-state index is 0.167. The van der Waals surface area contributed by atoms with Gasteiger partial charge in [-0.05, 0) is 255 Å². The van der Waals surface area contributed by atoms with E-state index in [1.165, 1.54) is 97.6 Å². The van der Waals surface area contributed by atoms with Crippen molar-refractivity contribution < 1.29 is 4.79 Å². The number of amides is 1. The highest BCUT2D eigenvalue weighted by atomic mass is 35.5. The van der Waals surface area contributed by atoms with Crippen molar-refractivity contribution in [3.8, 4) is 0 Å². The summed E-state index contributed by atoms with van der Waals surface area (Å²) in [5.41, 5.74) is 12.2. The molecule has 9 aliphatic rings. The molecule has 120 heavy (non-hydrogen) atoms. The van der Waals surface area contributed by atoms with Gasteiger partial charge in [0.15, 0.2) is 0 Å². The van der Waals surface area contributed by atoms with Crippen molar-refractivity contribution in [3.05, 3.63) is 288 Å². The first kappa shape index (κ1) is 89.8. The summed E-state index contributed by atoms with van der Waals surface area (Å²) >= 11 is 75.8. The van der Waals surface area contributed by atoms with E-state index in [1.54, 1.807) is 13.0 Å². The van der Waals surface area contributed by atoms with Gasteiger partial charge in [-0.25, -0.2) is 0 Å². The van der Waals surface area contributed by atoms with E-state index in [-0.39, 0.29) is 30.1 Å². The highest BCUT2D eigenvalue weighted by Crippen LogP contribution is 2.48. The van der Waals surface area contributed by atoms with Crippen molar-refractivity contribution in [1.29, 1.82) is 0 Å². The number of rotatable bonds is 13. The van der Waals surface area contributed by atoms with Gasteiger partial charge in [-0.1, -0.05) is 239 Å². The second-order valence-corrected chi connectivity index (χ2v) is 39.8. The third-order valence-electron chi connectivity index (χ3n) is 27.4. The molecule has 10 nitrogen and oxygen atoms in total. The molecule has 4 atom stereocenters. The lowest BCUT2D eigenvalue weighted by Crippen LogP contribution is -2.57. The molecule has 4 unspecified atom stereocenters. The minimum atomic E-state index is 0.167. The molecule has 22 heteroatoms. The van der Waals surface area contributed by atoms with Crippen LogP contribution in [0.1, 0.15) is 155 Å². The van der Waals surface area contributed by atoms with Crippen LogP contribution in [-0.2, 0) is 17.6 Å². The maximum atomic E-state index is 11.7. The molecular formula is C98H109Cl12N9O. The smallest absolute Gasteiger partial charge is 0.219 e. The number of fused-ring (bicyclic) bond motifs is 3. The molecule has 636 valence electrons. The zero-order chi connectivity index (χ0) is 83.8. The topological polar surface area (TPSA) is 46.2 Å². The van der Waals surface area contributed by atoms with Crippen LogP contribution in [0, 0.1) is 23.7 Å². The number of likely N-dealkylation sites (tertiary alicyclic amines) is 1. The first-order valence-corrected chi connectivity index (χ1v) is 47.7. The van der Waals surface area contributed by atoms with Crippen LogP contribution in [0.3, 0.4) is 0 Å². The molecule has 5 aliphatic heterocycles. The molecule has 8 fully saturated rings. The van der Waals surface area contributed by atoms with Gasteiger partial charge >= 0.3 is 0 Å². The summed E-state index contributed by atoms with van der Waals surface area (Å²) in [6.45, 7) is 19.9. The van der Waals surface area contributed by atoms with E-state index in [2.05, 4.69) is 138 Å². The van der Waals surface area contributed by atoms with Gasteiger partial charge in [0.2, 0.25) is 5.91 Å². The summed E-state index contributed by atoms with van der Waals surface area (Å²) in [4.78, 5) is 34.1. The number of nitrogens with zero attached hydrogens (tertiary/aromatic N) is 9. The fourth-order valence-corrected chi connectivity index (χ4v) is 23.7. The van der Waals surface area contributed by atoms with Crippen molar-refractivity contribution >= 4 is 168 Å². The molecule has 9 aromatic rings. The molecule has 0 aromatic heterocycles. The maximum absolute atomic E-state index is 11.7. The number of carbonyl (C=O) groups is 1. The first-order chi connectivity index (χ1) is 58.0. The highest BCUT2D eigenvalue weighted by molar-refractivity contribution is 6.38. The van der Waals surface area contributed by atoms with Crippen molar-refractivity contribution in [2.24, 2.45) is 23.7 Å². The zero-order valence-electron chi connectivity index (χ0n) is 68.7. The Labute approximate surface area is 772 Å². The SMILES string of the molecule is CC(=O)N1CCC(N2CCN(c3ccc(Cl)cc3Cl)C(c3ccc(Cl)cc3)C2)CC1.CC(C)C1CCC(N2CCN(c3ccc(Cl)cc3Cl)C(c3ccc(Cl)cc3)C2)CC1.Clc1ccc(C2CN(C3C4CCCC3CCC4)CCN2c2ccc(Cl)cc2Cl)cc1.Clc1ccc(C2CN(C3Cc4ccccc4C3)CCN2c2ccc(Cl)cc2Cl)cc1. The summed E-state index contributed by atoms with van der Waals surface area (Å²) in [7, 11) is 0. The third-order valence-corrected chi connectivity index (χ3v) is 30.6. The summed E-state index contributed by atoms with van der Waals surface area (Å²) in [6, 6.07) is 68.4. The van der Waals surface area contributed by atoms with E-state index in [4.69, 9.17) is 139 Å². The van der Waals surface area contributed by atoms with Crippen LogP contribution >= 0.6 is 139 Å². The number of carbonyl (C=O) groups excluding carboxylic acids is 1. The molecule has 1 amide bonds. The van der Waals surface area contributed by atoms with Gasteiger partial charge in [-0.15, -0.1) is 0 Å². The summed E-state index contributed by atoms with van der Waals surface area (Å²) in [5, 5.41) is 8.51. The third kappa shape index (κ3) is 22.0. The van der Waals surface area contributed by atoms with Gasteiger partial charge in [0, 0.05) is 163 Å². The largest absolute Gasteiger partial charge is 0.361 e. The van der Waals surface area contributed by atoms with E-state index in [1.807, 2.05) is 108 Å². The van der Waals surface area contributed by atoms with Gasteiger partial charge in [0.1, 0.15) is 0 Å². The standard InChI is InChI=1S/C25H29Cl3N2.C25H23Cl3N2.C25H31Cl3N2.C23H26Cl3N3O/c26-20-9-7-17(8-10-20)24-16-29(25-18-3-1-4-19(25)6-2-5-18)13-14-30(24)23-12-11-21(27)15-22(23)28;26-20-7-5-17(6-8-20)25-16-29(22-13-18-3-1-2-4-19(18)14-22)11-12-30(25)24-10-9-21(27)15-23(24)28;1-17(2)18-5-10-22(11-6-18)29-13-14-30(24-12-9-21(27)15-23(24)28)25(16-29)19-3-7-20(26)8-4-19;1-16(30)27-10-8-20(9-11-27)28-12-13-29(22-7-6-19(25)14-21(22)26)23(15-28)17-2-4-18(24)5-3-17/h7-12,15,18-19,24-25H,1-6,13-14,16H2;1-10,15,22,25H,11-14,16H2;3-4,7-9,12,15,17-18,22,25H,5-6,10-11,13-14,16H2,1-2H3;2-7,14,20,23H,8-13,15H2,1H3. The second-order valence-electron chi connectivity index (χ2n) is 34.7. The summed E-state index contributed by atoms with van der Waals surface area (Å²) in [6.07, 6.45) is 18.2. The Hall–Kier alpha value is -5.03. The summed E-state index contributed by atoms with van der Waals surface area (Å²) in [5.74, 6) is 3.64. The van der Waals surface area contributed by atoms with Gasteiger partial charge in [-0.3, -0.25) is 24.4 Å². The number of halogens is 12. The summed E-state index contributed by atoms with van der Waals surface area (Å²) < 4.78 is 0. The Morgan fingerprint density at radius 1 is 0.308 bits per heavy atom. The van der Waals surface area contributed by atoms with Crippen LogP contribution in [0.2, 0.25) is 60.3 Å². The van der Waals surface area contributed by atoms with Crippen molar-refractivity contribution in [3.63, 3.8) is 0 Å². The fourth-order valence-electron chi connectivity index (χ4n) is 21.1. The molecule has 3 saturated carbocycles. The lowest BCUT2D eigenvalue weighted by atomic mass is 9.67. The Morgan fingerprint density at radius 3 is 0.892 bits per heavy atom. The van der Waals surface area contributed by atoms with Gasteiger partial charge in [0.05, 0.1) is 67.0 Å². The van der Waals surface area contributed by atoms with E-state index in [9.17, 15) is 4.79 Å². The monoisotopic (exact) mass is 1850 g/mol. The molecule has 5 saturated heterocycles. The predicted octanol–water partition coefficient (Wildman–Crippen LogP) is 27.4. The molecule has 0 N–H and O–H groups in total. The van der Waals surface area contributed by atoms with Crippen molar-refractivity contribution in [2.75, 3.05) is 111 Å². The zero-order valence-corrected chi connectivity index (χ0v) is 77.7. The van der Waals surface area contributed by atoms with Crippen LogP contribution < -0.4 is 19.6 Å². The van der Waals surface area contributed by atoms with Crippen LogP contribution in [-0.4, -0.2) is 146 Å². The van der Waals surface area contributed by atoms with Crippen LogP contribution in [0.15, 0.2) is 194 Å². The van der Waals surface area contributed by atoms with Crippen molar-refractivity contribution in [2.45, 2.75) is 159 Å². The number of hydrogen-bond donors (Lipinski definition) is 0. The van der Waals surface area contributed by atoms with E-state index < -0.39 is 0 Å². The molecule has 2 bridgehead atoms. The molecule has 5 heterocycles. The minimum Gasteiger partial charge on any atom is -0.361 e. The molecule has 9 aromatic carbocycles. The van der Waals surface area contributed by atoms with Gasteiger partial charge in [-0.2, -0.15) is 0 Å². The molecule has 18 rings (SSSR count). The second kappa shape index (κ2) is 41.6. The average molecular weight is 1850 g/mol. The Kier molecular flexibility index (Phi) is 31.1. The number of hydrogen-bond acceptors (Lipinski definition) is 9. The Bertz CT molecular complexity index is 4850. The average Bonchev–Trinajstić information content (AvgIpc) is 0.974. The molecule has 0 spiro atoms. The number of piperazine rings is 4. The Morgan fingerprint density at radius 2 is 0.592 bits per heavy atom. The van der Waals surface area contributed by atoms with Crippen LogP contribution in [0.5, 0.6) is 0 Å². The number of piperidine rings is 1. The Balaban J connectivity index is 0.000000125. The van der Waals surface area contributed by atoms with Gasteiger partial charge < -0.3 is 24.5 Å². The van der Waals surface area contributed by atoms with E-state index in [0.29, 0.717) is 53.3 Å². The van der Waals surface area contributed by atoms with Crippen molar-refractivity contribution in [1.82, 2.24) is 24.5 Å². The lowest BCUT2D eigenvalue weighted by molar-refractivity contribution is -0.130. The van der Waals surface area contributed by atoms with E-state index in [0.717, 1.165) is 195 Å². The number of benzene rings is 9. The first-order valence-electron chi connectivity index (χ1n) is 43.2. The molecule has 0 radical (unpaired) electrons. The lowest BCUT2D eigenvalue weighted by Gasteiger charge is -2.53. The highest BCUT2D eigenvalue weighted by Gasteiger charge is 2.44. The van der Waals surface area contributed by atoms with Gasteiger partial charge in [0.25, 0.3) is 0 Å². The maximum Gasteiger partial charge on any atom is 0.219 e.